The number of benzene rings is 2. The minimum atomic E-state index is -0.891. The van der Waals surface area contributed by atoms with Gasteiger partial charge in [0.1, 0.15) is 5.56 Å². The Morgan fingerprint density at radius 2 is 1.90 bits per heavy atom. The average molecular weight is 419 g/mol. The van der Waals surface area contributed by atoms with Gasteiger partial charge in [0.2, 0.25) is 11.5 Å². The SMILES string of the molecule is CCOc1cccc(C=NNC(=O)c2cc(OC)c(OC)c(OC)c2[N+](=O)[O-])c1O. The zero-order chi connectivity index (χ0) is 22.3. The summed E-state index contributed by atoms with van der Waals surface area (Å²) in [6.07, 6.45) is 1.18. The first-order chi connectivity index (χ1) is 14.4. The minimum absolute atomic E-state index is 0.0237. The van der Waals surface area contributed by atoms with E-state index in [1.807, 2.05) is 0 Å². The van der Waals surface area contributed by atoms with Crippen LogP contribution in [0.1, 0.15) is 22.8 Å². The lowest BCUT2D eigenvalue weighted by Crippen LogP contribution is -2.20. The van der Waals surface area contributed by atoms with Gasteiger partial charge in [-0.05, 0) is 19.1 Å². The maximum Gasteiger partial charge on any atom is 0.327 e. The highest BCUT2D eigenvalue weighted by Crippen LogP contribution is 2.46. The van der Waals surface area contributed by atoms with E-state index in [1.165, 1.54) is 27.5 Å². The van der Waals surface area contributed by atoms with Gasteiger partial charge >= 0.3 is 5.69 Å². The van der Waals surface area contributed by atoms with Crippen LogP contribution in [0.4, 0.5) is 5.69 Å². The number of methoxy groups -OCH3 is 3. The number of nitrogens with one attached hydrogen (secondary N) is 1. The Morgan fingerprint density at radius 1 is 1.20 bits per heavy atom. The molecule has 1 amide bonds. The van der Waals surface area contributed by atoms with Crippen LogP contribution in [-0.4, -0.2) is 50.1 Å². The Labute approximate surface area is 172 Å². The number of para-hydroxylation sites is 1. The quantitative estimate of drug-likeness (QED) is 0.359. The Bertz CT molecular complexity index is 975. The van der Waals surface area contributed by atoms with E-state index in [9.17, 15) is 20.0 Å². The van der Waals surface area contributed by atoms with Crippen LogP contribution in [-0.2, 0) is 0 Å². The highest BCUT2D eigenvalue weighted by atomic mass is 16.6. The molecule has 0 aliphatic heterocycles. The van der Waals surface area contributed by atoms with Crippen molar-refractivity contribution in [2.24, 2.45) is 5.10 Å². The molecule has 11 nitrogen and oxygen atoms in total. The Morgan fingerprint density at radius 3 is 2.47 bits per heavy atom. The molecular formula is C19H21N3O8. The molecule has 160 valence electrons. The van der Waals surface area contributed by atoms with Crippen molar-refractivity contribution in [2.45, 2.75) is 6.92 Å². The maximum absolute atomic E-state index is 12.6. The fourth-order valence-electron chi connectivity index (χ4n) is 2.63. The third-order valence-electron chi connectivity index (χ3n) is 3.93. The summed E-state index contributed by atoms with van der Waals surface area (Å²) in [7, 11) is 3.81. The molecule has 0 aromatic heterocycles. The maximum atomic E-state index is 12.6. The molecule has 11 heteroatoms. The fraction of sp³-hybridized carbons (Fsp3) is 0.263. The van der Waals surface area contributed by atoms with Crippen molar-refractivity contribution in [1.82, 2.24) is 5.43 Å². The van der Waals surface area contributed by atoms with Crippen molar-refractivity contribution >= 4 is 17.8 Å². The van der Waals surface area contributed by atoms with E-state index in [0.29, 0.717) is 6.61 Å². The van der Waals surface area contributed by atoms with E-state index in [4.69, 9.17) is 18.9 Å². The molecule has 0 aliphatic carbocycles. The number of amides is 1. The van der Waals surface area contributed by atoms with E-state index < -0.39 is 16.5 Å². The summed E-state index contributed by atoms with van der Waals surface area (Å²) in [5.41, 5.74) is 1.51. The molecule has 0 unspecified atom stereocenters. The van der Waals surface area contributed by atoms with E-state index >= 15 is 0 Å². The number of phenols is 1. The van der Waals surface area contributed by atoms with Crippen molar-refractivity contribution in [3.63, 3.8) is 0 Å². The monoisotopic (exact) mass is 419 g/mol. The third-order valence-corrected chi connectivity index (χ3v) is 3.93. The summed E-state index contributed by atoms with van der Waals surface area (Å²) < 4.78 is 20.6. The Balaban J connectivity index is 2.39. The first kappa shape index (κ1) is 22.3. The minimum Gasteiger partial charge on any atom is -0.504 e. The number of carbonyl (C=O) groups excluding carboxylic acids is 1. The number of nitro benzene ring substituents is 1. The fourth-order valence-corrected chi connectivity index (χ4v) is 2.63. The van der Waals surface area contributed by atoms with Gasteiger partial charge in [-0.15, -0.1) is 0 Å². The largest absolute Gasteiger partial charge is 0.504 e. The van der Waals surface area contributed by atoms with Crippen LogP contribution in [0.2, 0.25) is 0 Å². The normalized spacial score (nSPS) is 10.5. The van der Waals surface area contributed by atoms with Crippen molar-refractivity contribution in [2.75, 3.05) is 27.9 Å². The Kier molecular flexibility index (Phi) is 7.39. The van der Waals surface area contributed by atoms with E-state index in [2.05, 4.69) is 10.5 Å². The van der Waals surface area contributed by atoms with Crippen LogP contribution in [0.5, 0.6) is 28.7 Å². The molecule has 30 heavy (non-hydrogen) atoms. The molecule has 0 atom stereocenters. The van der Waals surface area contributed by atoms with Gasteiger partial charge in [-0.1, -0.05) is 6.07 Å². The predicted molar refractivity (Wildman–Crippen MR) is 107 cm³/mol. The van der Waals surface area contributed by atoms with Gasteiger partial charge in [0.15, 0.2) is 17.2 Å². The molecule has 0 heterocycles. The van der Waals surface area contributed by atoms with Crippen molar-refractivity contribution < 1.29 is 33.8 Å². The molecule has 2 aromatic carbocycles. The summed E-state index contributed by atoms with van der Waals surface area (Å²) in [6, 6.07) is 5.92. The summed E-state index contributed by atoms with van der Waals surface area (Å²) in [5, 5.41) is 25.5. The average Bonchev–Trinajstić information content (AvgIpc) is 2.74. The summed E-state index contributed by atoms with van der Waals surface area (Å²) in [4.78, 5) is 23.4. The predicted octanol–water partition coefficient (Wildman–Crippen LogP) is 2.49. The number of hydrogen-bond acceptors (Lipinski definition) is 9. The van der Waals surface area contributed by atoms with Crippen molar-refractivity contribution in [1.29, 1.82) is 0 Å². The molecule has 0 spiro atoms. The first-order valence-corrected chi connectivity index (χ1v) is 8.65. The van der Waals surface area contributed by atoms with Gasteiger partial charge in [-0.3, -0.25) is 14.9 Å². The number of nitrogens with zero attached hydrogens (tertiary/aromatic N) is 2. The van der Waals surface area contributed by atoms with Crippen LogP contribution in [0.15, 0.2) is 29.4 Å². The van der Waals surface area contributed by atoms with Gasteiger partial charge in [0.05, 0.1) is 39.1 Å². The molecule has 2 N–H and O–H groups in total. The van der Waals surface area contributed by atoms with Gasteiger partial charge in [-0.2, -0.15) is 5.10 Å². The third kappa shape index (κ3) is 4.51. The van der Waals surface area contributed by atoms with Crippen LogP contribution in [0, 0.1) is 10.1 Å². The molecule has 0 saturated heterocycles. The number of hydrazone groups is 1. The van der Waals surface area contributed by atoms with Crippen LogP contribution in [0.3, 0.4) is 0 Å². The van der Waals surface area contributed by atoms with Crippen LogP contribution in [0.25, 0.3) is 0 Å². The lowest BCUT2D eigenvalue weighted by atomic mass is 10.1. The number of hydrogen-bond donors (Lipinski definition) is 2. The molecule has 0 fully saturated rings. The second kappa shape index (κ2) is 9.96. The molecule has 0 bridgehead atoms. The van der Waals surface area contributed by atoms with E-state index in [0.717, 1.165) is 6.07 Å². The number of nitro groups is 1. The van der Waals surface area contributed by atoms with Crippen molar-refractivity contribution in [3.05, 3.63) is 45.5 Å². The smallest absolute Gasteiger partial charge is 0.327 e. The lowest BCUT2D eigenvalue weighted by Gasteiger charge is -2.14. The van der Waals surface area contributed by atoms with Gasteiger partial charge < -0.3 is 24.1 Å². The second-order valence-corrected chi connectivity index (χ2v) is 5.62. The van der Waals surface area contributed by atoms with Gasteiger partial charge in [0, 0.05) is 11.6 Å². The second-order valence-electron chi connectivity index (χ2n) is 5.62. The zero-order valence-corrected chi connectivity index (χ0v) is 16.8. The highest BCUT2D eigenvalue weighted by Gasteiger charge is 2.32. The first-order valence-electron chi connectivity index (χ1n) is 8.65. The molecule has 0 radical (unpaired) electrons. The van der Waals surface area contributed by atoms with E-state index in [-0.39, 0.29) is 39.9 Å². The van der Waals surface area contributed by atoms with Gasteiger partial charge in [-0.25, -0.2) is 5.43 Å². The highest BCUT2D eigenvalue weighted by molar-refractivity contribution is 6.01. The van der Waals surface area contributed by atoms with Crippen LogP contribution < -0.4 is 24.4 Å². The van der Waals surface area contributed by atoms with E-state index in [1.54, 1.807) is 25.1 Å². The standard InChI is InChI=1S/C19H21N3O8/c1-5-30-13-8-6-7-11(16(13)23)10-20-21-19(24)12-9-14(27-2)17(28-3)18(29-4)15(12)22(25)26/h6-10,23H,5H2,1-4H3,(H,21,24). The number of ether oxygens (including phenoxy) is 4. The molecule has 0 saturated carbocycles. The summed E-state index contributed by atoms with van der Waals surface area (Å²) in [6.45, 7) is 2.13. The summed E-state index contributed by atoms with van der Waals surface area (Å²) >= 11 is 0. The summed E-state index contributed by atoms with van der Waals surface area (Å²) in [5.74, 6) is -1.01. The Hall–Kier alpha value is -4.02. The van der Waals surface area contributed by atoms with Gasteiger partial charge in [0.25, 0.3) is 5.91 Å². The molecule has 0 aliphatic rings. The molecule has 2 aromatic rings. The lowest BCUT2D eigenvalue weighted by molar-refractivity contribution is -0.386. The number of phenolic OH excluding ortho intramolecular Hbond substituents is 1. The number of aromatic hydroxyl groups is 1. The molecular weight excluding hydrogens is 398 g/mol. The zero-order valence-electron chi connectivity index (χ0n) is 16.8. The van der Waals surface area contributed by atoms with Crippen LogP contribution >= 0.6 is 0 Å². The topological polar surface area (TPSA) is 142 Å². The number of rotatable bonds is 9. The van der Waals surface area contributed by atoms with Crippen molar-refractivity contribution in [3.8, 4) is 28.7 Å². The number of carbonyl (C=O) groups is 1. The molecule has 2 rings (SSSR count).